The summed E-state index contributed by atoms with van der Waals surface area (Å²) < 4.78 is 33.8. The maximum Gasteiger partial charge on any atom is 0.243 e. The van der Waals surface area contributed by atoms with E-state index < -0.39 is 10.0 Å². The third kappa shape index (κ3) is 5.64. The van der Waals surface area contributed by atoms with Crippen molar-refractivity contribution in [3.05, 3.63) is 64.6 Å². The van der Waals surface area contributed by atoms with Gasteiger partial charge < -0.3 is 10.1 Å². The van der Waals surface area contributed by atoms with Crippen LogP contribution in [0.2, 0.25) is 0 Å². The molecule has 28 heavy (non-hydrogen) atoms. The van der Waals surface area contributed by atoms with E-state index in [4.69, 9.17) is 4.74 Å². The van der Waals surface area contributed by atoms with Gasteiger partial charge in [0.1, 0.15) is 0 Å². The summed E-state index contributed by atoms with van der Waals surface area (Å²) in [4.78, 5) is 12.6. The fraction of sp³-hybridized carbons (Fsp3) is 0.350. The summed E-state index contributed by atoms with van der Waals surface area (Å²) in [7, 11) is -3.83. The first-order valence-electron chi connectivity index (χ1n) is 9.13. The number of nitrogens with zero attached hydrogens (tertiary/aromatic N) is 1. The van der Waals surface area contributed by atoms with Crippen LogP contribution >= 0.6 is 15.9 Å². The predicted molar refractivity (Wildman–Crippen MR) is 110 cm³/mol. The van der Waals surface area contributed by atoms with Gasteiger partial charge in [-0.25, -0.2) is 8.42 Å². The van der Waals surface area contributed by atoms with E-state index in [1.165, 1.54) is 16.4 Å². The Morgan fingerprint density at radius 3 is 2.50 bits per heavy atom. The van der Waals surface area contributed by atoms with E-state index in [2.05, 4.69) is 21.2 Å². The van der Waals surface area contributed by atoms with Crippen molar-refractivity contribution >= 4 is 31.9 Å². The van der Waals surface area contributed by atoms with Crippen molar-refractivity contribution in [1.82, 2.24) is 9.62 Å². The number of halogens is 1. The van der Waals surface area contributed by atoms with E-state index in [0.29, 0.717) is 13.2 Å². The van der Waals surface area contributed by atoms with Crippen LogP contribution in [0.25, 0.3) is 0 Å². The van der Waals surface area contributed by atoms with E-state index in [-0.39, 0.29) is 30.0 Å². The van der Waals surface area contributed by atoms with Crippen LogP contribution in [-0.2, 0) is 26.1 Å². The number of amides is 1. The fourth-order valence-corrected chi connectivity index (χ4v) is 4.67. The summed E-state index contributed by atoms with van der Waals surface area (Å²) in [5.74, 6) is -0.341. The van der Waals surface area contributed by atoms with Gasteiger partial charge in [0.25, 0.3) is 0 Å². The molecule has 0 aliphatic carbocycles. The van der Waals surface area contributed by atoms with Crippen LogP contribution in [0.3, 0.4) is 0 Å². The summed E-state index contributed by atoms with van der Waals surface area (Å²) in [5, 5.41) is 2.80. The Labute approximate surface area is 174 Å². The Hall–Kier alpha value is -1.74. The average Bonchev–Trinajstić information content (AvgIpc) is 3.21. The van der Waals surface area contributed by atoms with Crippen molar-refractivity contribution in [2.75, 3.05) is 19.7 Å². The second-order valence-corrected chi connectivity index (χ2v) is 9.51. The standard InChI is InChI=1S/C20H23BrN2O4S/c21-17-8-10-19(11-9-17)28(25,26)23(14-16-5-2-1-3-6-16)15-20(24)22-13-18-7-4-12-27-18/h1-3,5-6,8-11,18H,4,7,12-15H2,(H,22,24)/t18-/m1/s1. The van der Waals surface area contributed by atoms with E-state index in [9.17, 15) is 13.2 Å². The highest BCUT2D eigenvalue weighted by Crippen LogP contribution is 2.20. The maximum absolute atomic E-state index is 13.1. The number of ether oxygens (including phenoxy) is 1. The molecule has 1 fully saturated rings. The van der Waals surface area contributed by atoms with Crippen molar-refractivity contribution in [2.45, 2.75) is 30.4 Å². The Balaban J connectivity index is 1.75. The molecule has 0 radical (unpaired) electrons. The van der Waals surface area contributed by atoms with Gasteiger partial charge in [0, 0.05) is 24.2 Å². The van der Waals surface area contributed by atoms with Crippen LogP contribution < -0.4 is 5.32 Å². The molecule has 2 aromatic carbocycles. The summed E-state index contributed by atoms with van der Waals surface area (Å²) in [5.41, 5.74) is 0.815. The smallest absolute Gasteiger partial charge is 0.243 e. The minimum atomic E-state index is -3.83. The predicted octanol–water partition coefficient (Wildman–Crippen LogP) is 2.94. The summed E-state index contributed by atoms with van der Waals surface area (Å²) >= 11 is 3.31. The lowest BCUT2D eigenvalue weighted by molar-refractivity contribution is -0.121. The Morgan fingerprint density at radius 1 is 1.14 bits per heavy atom. The van der Waals surface area contributed by atoms with Crippen molar-refractivity contribution in [3.8, 4) is 0 Å². The van der Waals surface area contributed by atoms with Crippen LogP contribution in [0, 0.1) is 0 Å². The number of hydrogen-bond donors (Lipinski definition) is 1. The molecule has 0 spiro atoms. The van der Waals surface area contributed by atoms with Crippen LogP contribution in [-0.4, -0.2) is 44.4 Å². The third-order valence-corrected chi connectivity index (χ3v) is 6.86. The lowest BCUT2D eigenvalue weighted by Gasteiger charge is -2.22. The molecule has 1 N–H and O–H groups in total. The molecule has 1 aliphatic rings. The molecule has 0 unspecified atom stereocenters. The molecule has 1 atom stereocenters. The zero-order valence-corrected chi connectivity index (χ0v) is 17.8. The first kappa shape index (κ1) is 21.0. The normalized spacial score (nSPS) is 17.0. The van der Waals surface area contributed by atoms with Crippen LogP contribution in [0.15, 0.2) is 64.0 Å². The molecule has 0 saturated carbocycles. The summed E-state index contributed by atoms with van der Waals surface area (Å²) in [6.45, 7) is 0.974. The van der Waals surface area contributed by atoms with Gasteiger partial charge >= 0.3 is 0 Å². The van der Waals surface area contributed by atoms with Crippen molar-refractivity contribution in [3.63, 3.8) is 0 Å². The molecular weight excluding hydrogens is 444 g/mol. The molecule has 0 bridgehead atoms. The largest absolute Gasteiger partial charge is 0.376 e. The number of hydrogen-bond acceptors (Lipinski definition) is 4. The number of carbonyl (C=O) groups is 1. The second kappa shape index (κ2) is 9.65. The highest BCUT2D eigenvalue weighted by Gasteiger charge is 2.27. The maximum atomic E-state index is 13.1. The number of sulfonamides is 1. The van der Waals surface area contributed by atoms with Crippen molar-refractivity contribution < 1.29 is 17.9 Å². The molecule has 8 heteroatoms. The first-order chi connectivity index (χ1) is 13.4. The van der Waals surface area contributed by atoms with Gasteiger partial charge in [0.05, 0.1) is 17.5 Å². The topological polar surface area (TPSA) is 75.7 Å². The molecule has 3 rings (SSSR count). The minimum absolute atomic E-state index is 0.00889. The lowest BCUT2D eigenvalue weighted by atomic mass is 10.2. The highest BCUT2D eigenvalue weighted by molar-refractivity contribution is 9.10. The zero-order valence-electron chi connectivity index (χ0n) is 15.4. The molecule has 1 saturated heterocycles. The number of nitrogens with one attached hydrogen (secondary N) is 1. The monoisotopic (exact) mass is 466 g/mol. The van der Waals surface area contributed by atoms with Crippen molar-refractivity contribution in [1.29, 1.82) is 0 Å². The first-order valence-corrected chi connectivity index (χ1v) is 11.4. The van der Waals surface area contributed by atoms with Gasteiger partial charge in [-0.3, -0.25) is 4.79 Å². The van der Waals surface area contributed by atoms with Gasteiger partial charge in [-0.1, -0.05) is 46.3 Å². The molecule has 2 aromatic rings. The second-order valence-electron chi connectivity index (χ2n) is 6.65. The number of benzene rings is 2. The van der Waals surface area contributed by atoms with Crippen LogP contribution in [0.1, 0.15) is 18.4 Å². The highest BCUT2D eigenvalue weighted by atomic mass is 79.9. The molecule has 1 aliphatic heterocycles. The molecule has 1 amide bonds. The Kier molecular flexibility index (Phi) is 7.23. The molecule has 6 nitrogen and oxygen atoms in total. The van der Waals surface area contributed by atoms with Crippen LogP contribution in [0.4, 0.5) is 0 Å². The van der Waals surface area contributed by atoms with Gasteiger partial charge in [-0.05, 0) is 42.7 Å². The van der Waals surface area contributed by atoms with E-state index in [1.807, 2.05) is 30.3 Å². The summed E-state index contributed by atoms with van der Waals surface area (Å²) in [6, 6.07) is 15.6. The van der Waals surface area contributed by atoms with Gasteiger partial charge in [-0.2, -0.15) is 4.31 Å². The summed E-state index contributed by atoms with van der Waals surface area (Å²) in [6.07, 6.45) is 1.90. The Bertz CT molecular complexity index is 882. The average molecular weight is 467 g/mol. The SMILES string of the molecule is O=C(CN(Cc1ccccc1)S(=O)(=O)c1ccc(Br)cc1)NC[C@H]1CCCO1. The van der Waals surface area contributed by atoms with Crippen LogP contribution in [0.5, 0.6) is 0 Å². The van der Waals surface area contributed by atoms with Crippen molar-refractivity contribution in [2.24, 2.45) is 0 Å². The van der Waals surface area contributed by atoms with E-state index in [0.717, 1.165) is 22.9 Å². The molecular formula is C20H23BrN2O4S. The molecule has 150 valence electrons. The third-order valence-electron chi connectivity index (χ3n) is 4.52. The van der Waals surface area contributed by atoms with E-state index in [1.54, 1.807) is 12.1 Å². The number of carbonyl (C=O) groups excluding carboxylic acids is 1. The van der Waals surface area contributed by atoms with E-state index >= 15 is 0 Å². The zero-order chi connectivity index (χ0) is 20.0. The van der Waals surface area contributed by atoms with Gasteiger partial charge in [-0.15, -0.1) is 0 Å². The number of rotatable bonds is 8. The molecule has 1 heterocycles. The quantitative estimate of drug-likeness (QED) is 0.648. The minimum Gasteiger partial charge on any atom is -0.376 e. The van der Waals surface area contributed by atoms with Gasteiger partial charge in [0.2, 0.25) is 15.9 Å². The molecule has 0 aromatic heterocycles. The lowest BCUT2D eigenvalue weighted by Crippen LogP contribution is -2.42. The fourth-order valence-electron chi connectivity index (χ4n) is 3.02. The Morgan fingerprint density at radius 2 is 1.86 bits per heavy atom. The van der Waals surface area contributed by atoms with Gasteiger partial charge in [0.15, 0.2) is 0 Å².